The highest BCUT2D eigenvalue weighted by molar-refractivity contribution is 6.01. The zero-order valence-electron chi connectivity index (χ0n) is 14.2. The first-order valence-corrected chi connectivity index (χ1v) is 7.98. The Balaban J connectivity index is 2.04. The summed E-state index contributed by atoms with van der Waals surface area (Å²) in [4.78, 5) is 23.8. The molecule has 0 spiro atoms. The van der Waals surface area contributed by atoms with Crippen molar-refractivity contribution in [3.05, 3.63) is 59.2 Å². The Hall–Kier alpha value is -2.82. The van der Waals surface area contributed by atoms with Crippen LogP contribution in [0.1, 0.15) is 35.3 Å². The van der Waals surface area contributed by atoms with Crippen molar-refractivity contribution in [1.82, 2.24) is 0 Å². The Morgan fingerprint density at radius 3 is 2.33 bits per heavy atom. The minimum atomic E-state index is -0.374. The van der Waals surface area contributed by atoms with Crippen molar-refractivity contribution in [3.63, 3.8) is 0 Å². The summed E-state index contributed by atoms with van der Waals surface area (Å²) >= 11 is 0. The van der Waals surface area contributed by atoms with E-state index in [-0.39, 0.29) is 12.0 Å². The van der Waals surface area contributed by atoms with E-state index in [1.165, 1.54) is 0 Å². The number of hydrogen-bond donors (Lipinski definition) is 2. The summed E-state index contributed by atoms with van der Waals surface area (Å²) in [6, 6.07) is 12.2. The van der Waals surface area contributed by atoms with E-state index in [0.717, 1.165) is 23.2 Å². The zero-order valence-corrected chi connectivity index (χ0v) is 14.2. The molecule has 2 aromatic rings. The van der Waals surface area contributed by atoms with Gasteiger partial charge in [0.15, 0.2) is 0 Å². The lowest BCUT2D eigenvalue weighted by Crippen LogP contribution is -2.21. The van der Waals surface area contributed by atoms with E-state index in [2.05, 4.69) is 10.6 Å². The lowest BCUT2D eigenvalue weighted by Gasteiger charge is -2.14. The molecule has 0 aliphatic carbocycles. The first-order chi connectivity index (χ1) is 11.5. The van der Waals surface area contributed by atoms with E-state index in [4.69, 9.17) is 4.74 Å². The van der Waals surface area contributed by atoms with Gasteiger partial charge in [-0.1, -0.05) is 25.1 Å². The van der Waals surface area contributed by atoms with Crippen molar-refractivity contribution in [3.8, 4) is 0 Å². The normalized spacial score (nSPS) is 10.1. The smallest absolute Gasteiger partial charge is 0.338 e. The van der Waals surface area contributed by atoms with Gasteiger partial charge in [0.25, 0.3) is 0 Å². The van der Waals surface area contributed by atoms with E-state index in [9.17, 15) is 9.59 Å². The molecule has 0 bridgehead atoms. The van der Waals surface area contributed by atoms with Gasteiger partial charge < -0.3 is 15.4 Å². The summed E-state index contributed by atoms with van der Waals surface area (Å²) < 4.78 is 4.93. The molecule has 0 aliphatic heterocycles. The highest BCUT2D eigenvalue weighted by Gasteiger charge is 2.10. The molecule has 2 amide bonds. The maximum absolute atomic E-state index is 12.2. The molecule has 2 aromatic carbocycles. The summed E-state index contributed by atoms with van der Waals surface area (Å²) in [6.07, 6.45) is 0.839. The predicted molar refractivity (Wildman–Crippen MR) is 95.6 cm³/mol. The van der Waals surface area contributed by atoms with Gasteiger partial charge in [-0.2, -0.15) is 0 Å². The Morgan fingerprint density at radius 2 is 1.71 bits per heavy atom. The van der Waals surface area contributed by atoms with Gasteiger partial charge >= 0.3 is 12.0 Å². The first kappa shape index (κ1) is 17.5. The topological polar surface area (TPSA) is 67.4 Å². The highest BCUT2D eigenvalue weighted by atomic mass is 16.5. The van der Waals surface area contributed by atoms with Crippen LogP contribution in [0.3, 0.4) is 0 Å². The fourth-order valence-electron chi connectivity index (χ4n) is 2.38. The minimum absolute atomic E-state index is 0.317. The second-order valence-electron chi connectivity index (χ2n) is 5.34. The lowest BCUT2D eigenvalue weighted by molar-refractivity contribution is 0.0526. The third-order valence-corrected chi connectivity index (χ3v) is 3.63. The molecule has 0 radical (unpaired) electrons. The molecular weight excluding hydrogens is 304 g/mol. The van der Waals surface area contributed by atoms with E-state index in [0.29, 0.717) is 17.9 Å². The standard InChI is InChI=1S/C19H22N2O3/c1-4-14-8-6-7-13(3)17(14)21-19(23)20-16-11-9-15(10-12-16)18(22)24-5-2/h6-12H,4-5H2,1-3H3,(H2,20,21,23). The molecule has 0 unspecified atom stereocenters. The van der Waals surface area contributed by atoms with Gasteiger partial charge in [0.1, 0.15) is 0 Å². The summed E-state index contributed by atoms with van der Waals surface area (Å²) in [6.45, 7) is 6.10. The third-order valence-electron chi connectivity index (χ3n) is 3.63. The van der Waals surface area contributed by atoms with Crippen LogP contribution in [0, 0.1) is 6.92 Å². The highest BCUT2D eigenvalue weighted by Crippen LogP contribution is 2.21. The molecule has 24 heavy (non-hydrogen) atoms. The lowest BCUT2D eigenvalue weighted by atomic mass is 10.1. The number of aryl methyl sites for hydroxylation is 2. The second kappa shape index (κ2) is 8.15. The molecule has 0 heterocycles. The molecule has 0 aromatic heterocycles. The number of anilines is 2. The SMILES string of the molecule is CCOC(=O)c1ccc(NC(=O)Nc2c(C)cccc2CC)cc1. The number of benzene rings is 2. The van der Waals surface area contributed by atoms with Crippen LogP contribution >= 0.6 is 0 Å². The maximum Gasteiger partial charge on any atom is 0.338 e. The van der Waals surface area contributed by atoms with Crippen molar-refractivity contribution < 1.29 is 14.3 Å². The van der Waals surface area contributed by atoms with Crippen LogP contribution in [-0.4, -0.2) is 18.6 Å². The minimum Gasteiger partial charge on any atom is -0.462 e. The maximum atomic E-state index is 12.2. The molecule has 2 N–H and O–H groups in total. The molecular formula is C19H22N2O3. The van der Waals surface area contributed by atoms with Crippen LogP contribution in [0.5, 0.6) is 0 Å². The van der Waals surface area contributed by atoms with E-state index in [1.807, 2.05) is 32.0 Å². The number of urea groups is 1. The Kier molecular flexibility index (Phi) is 5.95. The number of rotatable bonds is 5. The van der Waals surface area contributed by atoms with Crippen LogP contribution < -0.4 is 10.6 Å². The van der Waals surface area contributed by atoms with Crippen molar-refractivity contribution in [2.24, 2.45) is 0 Å². The molecule has 0 saturated carbocycles. The molecule has 5 heteroatoms. The van der Waals surface area contributed by atoms with Gasteiger partial charge in [0.05, 0.1) is 12.2 Å². The average Bonchev–Trinajstić information content (AvgIpc) is 2.57. The number of amides is 2. The van der Waals surface area contributed by atoms with Crippen molar-refractivity contribution in [1.29, 1.82) is 0 Å². The van der Waals surface area contributed by atoms with Gasteiger partial charge in [-0.05, 0) is 55.7 Å². The number of carbonyl (C=O) groups excluding carboxylic acids is 2. The zero-order chi connectivity index (χ0) is 17.5. The average molecular weight is 326 g/mol. The Morgan fingerprint density at radius 1 is 1.00 bits per heavy atom. The Bertz CT molecular complexity index is 724. The van der Waals surface area contributed by atoms with Crippen molar-refractivity contribution >= 4 is 23.4 Å². The summed E-state index contributed by atoms with van der Waals surface area (Å²) in [5.74, 6) is -0.374. The van der Waals surface area contributed by atoms with Gasteiger partial charge in [-0.3, -0.25) is 0 Å². The van der Waals surface area contributed by atoms with Crippen LogP contribution in [0.2, 0.25) is 0 Å². The van der Waals surface area contributed by atoms with Crippen LogP contribution in [-0.2, 0) is 11.2 Å². The molecule has 126 valence electrons. The van der Waals surface area contributed by atoms with Crippen molar-refractivity contribution in [2.45, 2.75) is 27.2 Å². The summed E-state index contributed by atoms with van der Waals surface area (Å²) in [5.41, 5.74) is 3.99. The van der Waals surface area contributed by atoms with Gasteiger partial charge in [-0.25, -0.2) is 9.59 Å². The Labute approximate surface area is 142 Å². The molecule has 5 nitrogen and oxygen atoms in total. The van der Waals surface area contributed by atoms with Gasteiger partial charge in [0.2, 0.25) is 0 Å². The molecule has 2 rings (SSSR count). The number of ether oxygens (including phenoxy) is 1. The van der Waals surface area contributed by atoms with Crippen LogP contribution in [0.25, 0.3) is 0 Å². The van der Waals surface area contributed by atoms with Crippen molar-refractivity contribution in [2.75, 3.05) is 17.2 Å². The number of nitrogens with one attached hydrogen (secondary N) is 2. The molecule has 0 atom stereocenters. The predicted octanol–water partition coefficient (Wildman–Crippen LogP) is 4.38. The first-order valence-electron chi connectivity index (χ1n) is 7.98. The van der Waals surface area contributed by atoms with Gasteiger partial charge in [0, 0.05) is 11.4 Å². The fourth-order valence-corrected chi connectivity index (χ4v) is 2.38. The van der Waals surface area contributed by atoms with Crippen LogP contribution in [0.15, 0.2) is 42.5 Å². The number of esters is 1. The van der Waals surface area contributed by atoms with Gasteiger partial charge in [-0.15, -0.1) is 0 Å². The number of carbonyl (C=O) groups is 2. The van der Waals surface area contributed by atoms with E-state index >= 15 is 0 Å². The monoisotopic (exact) mass is 326 g/mol. The second-order valence-corrected chi connectivity index (χ2v) is 5.34. The van der Waals surface area contributed by atoms with Crippen LogP contribution in [0.4, 0.5) is 16.2 Å². The van der Waals surface area contributed by atoms with E-state index in [1.54, 1.807) is 31.2 Å². The number of hydrogen-bond acceptors (Lipinski definition) is 3. The fraction of sp³-hybridized carbons (Fsp3) is 0.263. The number of para-hydroxylation sites is 1. The van der Waals surface area contributed by atoms with E-state index < -0.39 is 0 Å². The molecule has 0 aliphatic rings. The molecule has 0 fully saturated rings. The quantitative estimate of drug-likeness (QED) is 0.801. The summed E-state index contributed by atoms with van der Waals surface area (Å²) in [5, 5.41) is 5.66. The molecule has 0 saturated heterocycles. The third kappa shape index (κ3) is 4.35. The summed E-state index contributed by atoms with van der Waals surface area (Å²) in [7, 11) is 0. The largest absolute Gasteiger partial charge is 0.462 e.